The van der Waals surface area contributed by atoms with Gasteiger partial charge in [0.15, 0.2) is 0 Å². The molecule has 4 nitrogen and oxygen atoms in total. The summed E-state index contributed by atoms with van der Waals surface area (Å²) >= 11 is 0. The number of benzene rings is 1. The average Bonchev–Trinajstić information content (AvgIpc) is 2.90. The highest BCUT2D eigenvalue weighted by Gasteiger charge is 2.19. The second-order valence-corrected chi connectivity index (χ2v) is 5.48. The zero-order valence-corrected chi connectivity index (χ0v) is 13.0. The Morgan fingerprint density at radius 3 is 2.62 bits per heavy atom. The molecule has 1 heterocycles. The first-order valence-corrected chi connectivity index (χ1v) is 7.40. The highest BCUT2D eigenvalue weighted by molar-refractivity contribution is 5.78. The van der Waals surface area contributed by atoms with Crippen molar-refractivity contribution in [2.45, 2.75) is 39.2 Å². The van der Waals surface area contributed by atoms with Gasteiger partial charge in [-0.15, -0.1) is 0 Å². The van der Waals surface area contributed by atoms with Crippen LogP contribution in [0.1, 0.15) is 30.3 Å². The second-order valence-electron chi connectivity index (χ2n) is 5.48. The molecular weight excluding hydrogens is 262 g/mol. The number of hydrogen-bond donors (Lipinski definition) is 1. The van der Waals surface area contributed by atoms with Crippen molar-refractivity contribution in [1.82, 2.24) is 15.1 Å². The average molecular weight is 285 g/mol. The van der Waals surface area contributed by atoms with Crippen LogP contribution in [0.5, 0.6) is 0 Å². The van der Waals surface area contributed by atoms with Crippen LogP contribution < -0.4 is 0 Å². The van der Waals surface area contributed by atoms with E-state index in [1.165, 1.54) is 5.56 Å². The largest absolute Gasteiger partial charge is 0.342 e. The number of amides is 1. The van der Waals surface area contributed by atoms with Crippen molar-refractivity contribution in [3.05, 3.63) is 53.3 Å². The second kappa shape index (κ2) is 7.07. The van der Waals surface area contributed by atoms with E-state index in [0.717, 1.165) is 24.2 Å². The third-order valence-corrected chi connectivity index (χ3v) is 3.82. The Morgan fingerprint density at radius 1 is 1.33 bits per heavy atom. The van der Waals surface area contributed by atoms with E-state index in [0.29, 0.717) is 6.42 Å². The number of aromatic amines is 1. The van der Waals surface area contributed by atoms with Crippen LogP contribution in [0.4, 0.5) is 0 Å². The lowest BCUT2D eigenvalue weighted by Gasteiger charge is -2.27. The van der Waals surface area contributed by atoms with Gasteiger partial charge in [0, 0.05) is 18.8 Å². The van der Waals surface area contributed by atoms with Crippen LogP contribution in [0.2, 0.25) is 0 Å². The first-order valence-electron chi connectivity index (χ1n) is 7.40. The third-order valence-electron chi connectivity index (χ3n) is 3.82. The predicted molar refractivity (Wildman–Crippen MR) is 84.0 cm³/mol. The zero-order chi connectivity index (χ0) is 15.2. The van der Waals surface area contributed by atoms with Crippen LogP contribution in [0, 0.1) is 6.92 Å². The molecule has 0 radical (unpaired) electrons. The Kier molecular flexibility index (Phi) is 5.14. The van der Waals surface area contributed by atoms with Crippen molar-refractivity contribution >= 4 is 5.91 Å². The summed E-state index contributed by atoms with van der Waals surface area (Å²) in [5, 5.41) is 7.01. The summed E-state index contributed by atoms with van der Waals surface area (Å²) in [4.78, 5) is 14.2. The number of H-pyrrole nitrogens is 1. The van der Waals surface area contributed by atoms with Gasteiger partial charge in [-0.25, -0.2) is 0 Å². The summed E-state index contributed by atoms with van der Waals surface area (Å²) in [7, 11) is 1.89. The lowest BCUT2D eigenvalue weighted by atomic mass is 10.0. The number of nitrogens with one attached hydrogen (secondary N) is 1. The van der Waals surface area contributed by atoms with Crippen LogP contribution in [0.3, 0.4) is 0 Å². The smallest absolute Gasteiger partial charge is 0.228 e. The van der Waals surface area contributed by atoms with Crippen molar-refractivity contribution in [3.63, 3.8) is 0 Å². The summed E-state index contributed by atoms with van der Waals surface area (Å²) in [6.07, 6.45) is 2.18. The maximum atomic E-state index is 12.4. The molecular formula is C17H23N3O. The first kappa shape index (κ1) is 15.3. The standard InChI is InChI=1S/C17H23N3O/c1-4-16(11-14-8-6-5-7-9-14)20(3)17(21)12-15-10-13(2)18-19-15/h5-10,16H,4,11-12H2,1-3H3,(H,18,19)/t16-/m1/s1. The third kappa shape index (κ3) is 4.18. The minimum absolute atomic E-state index is 0.115. The van der Waals surface area contributed by atoms with Crippen molar-refractivity contribution in [1.29, 1.82) is 0 Å². The van der Waals surface area contributed by atoms with E-state index in [-0.39, 0.29) is 11.9 Å². The van der Waals surface area contributed by atoms with Gasteiger partial charge in [-0.2, -0.15) is 5.10 Å². The highest BCUT2D eigenvalue weighted by atomic mass is 16.2. The van der Waals surface area contributed by atoms with Crippen molar-refractivity contribution in [3.8, 4) is 0 Å². The summed E-state index contributed by atoms with van der Waals surface area (Å²) < 4.78 is 0. The SMILES string of the molecule is CC[C@H](Cc1ccccc1)N(C)C(=O)Cc1cc(C)[nH]n1. The minimum atomic E-state index is 0.115. The molecule has 2 rings (SSSR count). The number of aryl methyl sites for hydroxylation is 1. The van der Waals surface area contributed by atoms with Crippen molar-refractivity contribution in [2.75, 3.05) is 7.05 Å². The van der Waals surface area contributed by atoms with E-state index < -0.39 is 0 Å². The van der Waals surface area contributed by atoms with Gasteiger partial charge in [0.05, 0.1) is 12.1 Å². The molecule has 112 valence electrons. The number of carbonyl (C=O) groups is 1. The van der Waals surface area contributed by atoms with E-state index in [1.807, 2.05) is 43.1 Å². The molecule has 4 heteroatoms. The van der Waals surface area contributed by atoms with Crippen LogP contribution >= 0.6 is 0 Å². The number of rotatable bonds is 6. The van der Waals surface area contributed by atoms with Gasteiger partial charge in [-0.05, 0) is 31.4 Å². The van der Waals surface area contributed by atoms with E-state index in [2.05, 4.69) is 29.3 Å². The predicted octanol–water partition coefficient (Wildman–Crippen LogP) is 2.74. The number of nitrogens with zero attached hydrogens (tertiary/aromatic N) is 2. The Morgan fingerprint density at radius 2 is 2.05 bits per heavy atom. The quantitative estimate of drug-likeness (QED) is 0.887. The molecule has 0 saturated carbocycles. The van der Waals surface area contributed by atoms with Gasteiger partial charge in [0.1, 0.15) is 0 Å². The molecule has 0 unspecified atom stereocenters. The van der Waals surface area contributed by atoms with Gasteiger partial charge < -0.3 is 4.90 Å². The Hall–Kier alpha value is -2.10. The first-order chi connectivity index (χ1) is 10.1. The fourth-order valence-corrected chi connectivity index (χ4v) is 2.49. The number of aromatic nitrogens is 2. The molecule has 0 spiro atoms. The lowest BCUT2D eigenvalue weighted by Crippen LogP contribution is -2.39. The molecule has 1 aromatic carbocycles. The minimum Gasteiger partial charge on any atom is -0.342 e. The van der Waals surface area contributed by atoms with Crippen molar-refractivity contribution < 1.29 is 4.79 Å². The van der Waals surface area contributed by atoms with Crippen LogP contribution in [-0.4, -0.2) is 34.1 Å². The van der Waals surface area contributed by atoms with Gasteiger partial charge in [-0.3, -0.25) is 9.89 Å². The monoisotopic (exact) mass is 285 g/mol. The normalized spacial score (nSPS) is 12.1. The van der Waals surface area contributed by atoms with Crippen LogP contribution in [0.25, 0.3) is 0 Å². The summed E-state index contributed by atoms with van der Waals surface area (Å²) in [6.45, 7) is 4.06. The van der Waals surface area contributed by atoms with Crippen LogP contribution in [0.15, 0.2) is 36.4 Å². The maximum Gasteiger partial charge on any atom is 0.228 e. The molecule has 0 bridgehead atoms. The van der Waals surface area contributed by atoms with Gasteiger partial charge in [0.25, 0.3) is 0 Å². The van der Waals surface area contributed by atoms with E-state index in [9.17, 15) is 4.79 Å². The molecule has 0 aliphatic rings. The van der Waals surface area contributed by atoms with E-state index >= 15 is 0 Å². The molecule has 1 amide bonds. The van der Waals surface area contributed by atoms with Crippen LogP contribution in [-0.2, 0) is 17.6 Å². The zero-order valence-electron chi connectivity index (χ0n) is 13.0. The topological polar surface area (TPSA) is 49.0 Å². The number of likely N-dealkylation sites (N-methyl/N-ethyl adjacent to an activating group) is 1. The molecule has 1 N–H and O–H groups in total. The Bertz CT molecular complexity index is 577. The van der Waals surface area contributed by atoms with E-state index in [1.54, 1.807) is 0 Å². The van der Waals surface area contributed by atoms with E-state index in [4.69, 9.17) is 0 Å². The molecule has 1 aromatic heterocycles. The molecule has 1 atom stereocenters. The van der Waals surface area contributed by atoms with Gasteiger partial charge >= 0.3 is 0 Å². The lowest BCUT2D eigenvalue weighted by molar-refractivity contribution is -0.131. The fraction of sp³-hybridized carbons (Fsp3) is 0.412. The fourth-order valence-electron chi connectivity index (χ4n) is 2.49. The summed E-state index contributed by atoms with van der Waals surface area (Å²) in [6, 6.07) is 12.5. The van der Waals surface area contributed by atoms with Gasteiger partial charge in [-0.1, -0.05) is 37.3 Å². The molecule has 0 fully saturated rings. The molecule has 0 aliphatic heterocycles. The van der Waals surface area contributed by atoms with Crippen molar-refractivity contribution in [2.24, 2.45) is 0 Å². The molecule has 0 saturated heterocycles. The molecule has 2 aromatic rings. The maximum absolute atomic E-state index is 12.4. The summed E-state index contributed by atoms with van der Waals surface area (Å²) in [5.41, 5.74) is 3.05. The van der Waals surface area contributed by atoms with Gasteiger partial charge in [0.2, 0.25) is 5.91 Å². The molecule has 0 aliphatic carbocycles. The highest BCUT2D eigenvalue weighted by Crippen LogP contribution is 2.12. The number of hydrogen-bond acceptors (Lipinski definition) is 2. The molecule has 21 heavy (non-hydrogen) atoms. The summed E-state index contributed by atoms with van der Waals surface area (Å²) in [5.74, 6) is 0.115. The number of carbonyl (C=O) groups excluding carboxylic acids is 1. The Labute approximate surface area is 126 Å². The Balaban J connectivity index is 1.98.